The molecule has 0 radical (unpaired) electrons. The molecule has 0 fully saturated rings. The lowest BCUT2D eigenvalue weighted by atomic mass is 10.0. The molecule has 2 aromatic heterocycles. The normalized spacial score (nSPS) is 12.7. The second kappa shape index (κ2) is 5.61. The molecule has 0 aliphatic heterocycles. The number of benzene rings is 1. The van der Waals surface area contributed by atoms with Gasteiger partial charge in [-0.25, -0.2) is 0 Å². The van der Waals surface area contributed by atoms with Crippen LogP contribution in [-0.4, -0.2) is 24.9 Å². The lowest BCUT2D eigenvalue weighted by Crippen LogP contribution is -2.09. The summed E-state index contributed by atoms with van der Waals surface area (Å²) in [6.07, 6.45) is 3.21. The number of nitrogens with zero attached hydrogens (tertiary/aromatic N) is 4. The van der Waals surface area contributed by atoms with Crippen molar-refractivity contribution in [2.75, 3.05) is 0 Å². The van der Waals surface area contributed by atoms with Crippen LogP contribution < -0.4 is 0 Å². The Morgan fingerprint density at radius 3 is 2.86 bits per heavy atom. The quantitative estimate of drug-likeness (QED) is 0.798. The van der Waals surface area contributed by atoms with Crippen LogP contribution in [0.3, 0.4) is 0 Å². The van der Waals surface area contributed by atoms with Crippen molar-refractivity contribution in [3.05, 3.63) is 53.6 Å². The van der Waals surface area contributed by atoms with Crippen LogP contribution in [-0.2, 0) is 13.0 Å². The molecule has 0 amide bonds. The first kappa shape index (κ1) is 13.7. The van der Waals surface area contributed by atoms with Gasteiger partial charge in [-0.3, -0.25) is 14.6 Å². The van der Waals surface area contributed by atoms with Gasteiger partial charge in [0.25, 0.3) is 0 Å². The number of hydrogen-bond acceptors (Lipinski definition) is 4. The molecule has 0 aliphatic carbocycles. The Hall–Kier alpha value is -2.27. The molecule has 3 rings (SSSR count). The highest BCUT2D eigenvalue weighted by molar-refractivity contribution is 5.77. The molecule has 5 heteroatoms. The van der Waals surface area contributed by atoms with E-state index in [0.29, 0.717) is 6.42 Å². The van der Waals surface area contributed by atoms with Gasteiger partial charge in [-0.05, 0) is 26.0 Å². The number of para-hydroxylation sites is 1. The van der Waals surface area contributed by atoms with Crippen molar-refractivity contribution in [1.29, 1.82) is 0 Å². The molecule has 2 heterocycles. The highest BCUT2D eigenvalue weighted by Gasteiger charge is 2.16. The average molecular weight is 282 g/mol. The third kappa shape index (κ3) is 2.64. The van der Waals surface area contributed by atoms with Gasteiger partial charge < -0.3 is 5.11 Å². The SMILES string of the molecule is CCn1nc(C)cc1CC(O)c1cccc2nccnc12. The Kier molecular flexibility index (Phi) is 3.66. The second-order valence-electron chi connectivity index (χ2n) is 5.08. The van der Waals surface area contributed by atoms with E-state index in [-0.39, 0.29) is 0 Å². The van der Waals surface area contributed by atoms with Crippen LogP contribution in [0.2, 0.25) is 0 Å². The summed E-state index contributed by atoms with van der Waals surface area (Å²) < 4.78 is 1.93. The summed E-state index contributed by atoms with van der Waals surface area (Å²) in [4.78, 5) is 8.62. The maximum atomic E-state index is 10.6. The van der Waals surface area contributed by atoms with Crippen molar-refractivity contribution >= 4 is 11.0 Å². The predicted octanol–water partition coefficient (Wildman–Crippen LogP) is 2.43. The van der Waals surface area contributed by atoms with Gasteiger partial charge in [-0.1, -0.05) is 12.1 Å². The summed E-state index contributed by atoms with van der Waals surface area (Å²) >= 11 is 0. The molecule has 3 aromatic rings. The van der Waals surface area contributed by atoms with Crippen LogP contribution in [0.4, 0.5) is 0 Å². The van der Waals surface area contributed by atoms with Crippen LogP contribution in [0.15, 0.2) is 36.7 Å². The number of aliphatic hydroxyl groups is 1. The fraction of sp³-hybridized carbons (Fsp3) is 0.312. The summed E-state index contributed by atoms with van der Waals surface area (Å²) in [5, 5.41) is 15.0. The van der Waals surface area contributed by atoms with Gasteiger partial charge in [0.15, 0.2) is 0 Å². The van der Waals surface area contributed by atoms with Crippen molar-refractivity contribution < 1.29 is 5.11 Å². The summed E-state index contributed by atoms with van der Waals surface area (Å²) in [6, 6.07) is 7.72. The monoisotopic (exact) mass is 282 g/mol. The number of fused-ring (bicyclic) bond motifs is 1. The Balaban J connectivity index is 1.95. The Morgan fingerprint density at radius 2 is 2.05 bits per heavy atom. The zero-order valence-electron chi connectivity index (χ0n) is 12.2. The average Bonchev–Trinajstić information content (AvgIpc) is 2.86. The van der Waals surface area contributed by atoms with E-state index in [9.17, 15) is 5.11 Å². The number of hydrogen-bond donors (Lipinski definition) is 1. The van der Waals surface area contributed by atoms with E-state index in [4.69, 9.17) is 0 Å². The number of rotatable bonds is 4. The molecule has 0 bridgehead atoms. The van der Waals surface area contributed by atoms with Crippen molar-refractivity contribution in [2.24, 2.45) is 0 Å². The fourth-order valence-electron chi connectivity index (χ4n) is 2.63. The standard InChI is InChI=1S/C16H18N4O/c1-3-20-12(9-11(2)19-20)10-15(21)13-5-4-6-14-16(13)18-8-7-17-14/h4-9,15,21H,3,10H2,1-2H3. The molecule has 5 nitrogen and oxygen atoms in total. The Bertz CT molecular complexity index is 761. The van der Waals surface area contributed by atoms with Crippen molar-refractivity contribution in [2.45, 2.75) is 32.9 Å². The number of aryl methyl sites for hydroxylation is 2. The smallest absolute Gasteiger partial charge is 0.0944 e. The van der Waals surface area contributed by atoms with Crippen molar-refractivity contribution in [3.63, 3.8) is 0 Å². The third-order valence-corrected chi connectivity index (χ3v) is 3.58. The van der Waals surface area contributed by atoms with E-state index in [1.54, 1.807) is 12.4 Å². The maximum absolute atomic E-state index is 10.6. The summed E-state index contributed by atoms with van der Waals surface area (Å²) in [6.45, 7) is 4.81. The van der Waals surface area contributed by atoms with Gasteiger partial charge in [0, 0.05) is 36.6 Å². The molecular formula is C16H18N4O. The van der Waals surface area contributed by atoms with Gasteiger partial charge in [0.2, 0.25) is 0 Å². The molecule has 0 aliphatic rings. The van der Waals surface area contributed by atoms with Crippen molar-refractivity contribution in [3.8, 4) is 0 Å². The third-order valence-electron chi connectivity index (χ3n) is 3.58. The number of aromatic nitrogens is 4. The summed E-state index contributed by atoms with van der Waals surface area (Å²) in [5.41, 5.74) is 4.36. The molecule has 1 atom stereocenters. The molecule has 108 valence electrons. The second-order valence-corrected chi connectivity index (χ2v) is 5.08. The molecule has 1 aromatic carbocycles. The Labute approximate surface area is 123 Å². The molecule has 1 unspecified atom stereocenters. The zero-order chi connectivity index (χ0) is 14.8. The highest BCUT2D eigenvalue weighted by Crippen LogP contribution is 2.24. The Morgan fingerprint density at radius 1 is 1.24 bits per heavy atom. The minimum Gasteiger partial charge on any atom is -0.388 e. The van der Waals surface area contributed by atoms with E-state index in [0.717, 1.165) is 34.5 Å². The van der Waals surface area contributed by atoms with Crippen LogP contribution in [0, 0.1) is 6.92 Å². The van der Waals surface area contributed by atoms with Gasteiger partial charge in [0.1, 0.15) is 0 Å². The van der Waals surface area contributed by atoms with Crippen LogP contribution in [0.25, 0.3) is 11.0 Å². The molecule has 21 heavy (non-hydrogen) atoms. The fourth-order valence-corrected chi connectivity index (χ4v) is 2.63. The van der Waals surface area contributed by atoms with Crippen molar-refractivity contribution in [1.82, 2.24) is 19.7 Å². The van der Waals surface area contributed by atoms with E-state index in [1.165, 1.54) is 0 Å². The highest BCUT2D eigenvalue weighted by atomic mass is 16.3. The first-order chi connectivity index (χ1) is 10.2. The van der Waals surface area contributed by atoms with E-state index in [2.05, 4.69) is 15.1 Å². The predicted molar refractivity (Wildman–Crippen MR) is 80.8 cm³/mol. The lowest BCUT2D eigenvalue weighted by molar-refractivity contribution is 0.176. The van der Waals surface area contributed by atoms with E-state index in [1.807, 2.05) is 42.8 Å². The maximum Gasteiger partial charge on any atom is 0.0944 e. The van der Waals surface area contributed by atoms with E-state index >= 15 is 0 Å². The molecule has 0 spiro atoms. The van der Waals surface area contributed by atoms with Crippen LogP contribution in [0.5, 0.6) is 0 Å². The van der Waals surface area contributed by atoms with Gasteiger partial charge in [-0.2, -0.15) is 5.10 Å². The zero-order valence-corrected chi connectivity index (χ0v) is 12.2. The van der Waals surface area contributed by atoms with Gasteiger partial charge >= 0.3 is 0 Å². The molecular weight excluding hydrogens is 264 g/mol. The summed E-state index contributed by atoms with van der Waals surface area (Å²) in [5.74, 6) is 0. The molecule has 1 N–H and O–H groups in total. The van der Waals surface area contributed by atoms with E-state index < -0.39 is 6.10 Å². The van der Waals surface area contributed by atoms with Crippen LogP contribution in [0.1, 0.15) is 30.0 Å². The molecule has 0 saturated heterocycles. The minimum atomic E-state index is -0.619. The van der Waals surface area contributed by atoms with Gasteiger partial charge in [0.05, 0.1) is 22.8 Å². The topological polar surface area (TPSA) is 63.8 Å². The van der Waals surface area contributed by atoms with Crippen LogP contribution >= 0.6 is 0 Å². The first-order valence-electron chi connectivity index (χ1n) is 7.10. The largest absolute Gasteiger partial charge is 0.388 e. The first-order valence-corrected chi connectivity index (χ1v) is 7.10. The number of aliphatic hydroxyl groups excluding tert-OH is 1. The summed E-state index contributed by atoms with van der Waals surface area (Å²) in [7, 11) is 0. The lowest BCUT2D eigenvalue weighted by Gasteiger charge is -2.13. The minimum absolute atomic E-state index is 0.518. The molecule has 0 saturated carbocycles. The van der Waals surface area contributed by atoms with Gasteiger partial charge in [-0.15, -0.1) is 0 Å².